The van der Waals surface area contributed by atoms with E-state index in [1.54, 1.807) is 0 Å². The fourth-order valence-corrected chi connectivity index (χ4v) is 5.77. The molecule has 0 aromatic heterocycles. The SMILES string of the molecule is Cc1ccc(OP([O-])(=S)Sc2ccc(C)cc2C)c(C)c1.[Na+]. The van der Waals surface area contributed by atoms with Gasteiger partial charge in [-0.2, -0.15) is 0 Å². The van der Waals surface area contributed by atoms with E-state index in [2.05, 4.69) is 6.07 Å². The van der Waals surface area contributed by atoms with Crippen LogP contribution in [0.5, 0.6) is 5.75 Å². The van der Waals surface area contributed by atoms with Crippen LogP contribution in [0.4, 0.5) is 0 Å². The number of hydrogen-bond donors (Lipinski definition) is 0. The number of rotatable bonds is 4. The molecule has 0 saturated carbocycles. The molecule has 22 heavy (non-hydrogen) atoms. The molecule has 0 fully saturated rings. The quantitative estimate of drug-likeness (QED) is 0.614. The standard InChI is InChI=1S/C16H19O2PS2.Na/c1-11-5-7-15(13(3)9-11)18-19(17,20)21-16-8-6-12(2)10-14(16)4;/h5-10H,1-4H3,(H,17,20);/q;+1/p-1. The molecule has 112 valence electrons. The van der Waals surface area contributed by atoms with E-state index in [0.29, 0.717) is 5.75 Å². The fourth-order valence-electron chi connectivity index (χ4n) is 2.06. The van der Waals surface area contributed by atoms with Crippen molar-refractivity contribution in [3.05, 3.63) is 58.7 Å². The second kappa shape index (κ2) is 8.34. The molecule has 1 atom stereocenters. The Kier molecular flexibility index (Phi) is 7.68. The molecule has 0 aliphatic carbocycles. The topological polar surface area (TPSA) is 32.3 Å². The molecule has 0 aliphatic heterocycles. The van der Waals surface area contributed by atoms with Crippen LogP contribution in [0.2, 0.25) is 0 Å². The summed E-state index contributed by atoms with van der Waals surface area (Å²) in [5.74, 6) is 0.594. The van der Waals surface area contributed by atoms with Crippen LogP contribution in [-0.4, -0.2) is 0 Å². The minimum Gasteiger partial charge on any atom is -0.783 e. The predicted octanol–water partition coefficient (Wildman–Crippen LogP) is 1.68. The molecule has 0 radical (unpaired) electrons. The van der Waals surface area contributed by atoms with E-state index in [9.17, 15) is 4.89 Å². The average molecular weight is 360 g/mol. The Morgan fingerprint density at radius 3 is 2.05 bits per heavy atom. The summed E-state index contributed by atoms with van der Waals surface area (Å²) in [6.45, 7) is 7.95. The van der Waals surface area contributed by atoms with Gasteiger partial charge in [0.25, 0.3) is 0 Å². The summed E-state index contributed by atoms with van der Waals surface area (Å²) >= 11 is 6.33. The van der Waals surface area contributed by atoms with Crippen molar-refractivity contribution in [3.8, 4) is 5.75 Å². The van der Waals surface area contributed by atoms with Gasteiger partial charge in [-0.15, -0.1) is 0 Å². The van der Waals surface area contributed by atoms with Crippen LogP contribution in [0.1, 0.15) is 22.3 Å². The number of aryl methyl sites for hydroxylation is 4. The van der Waals surface area contributed by atoms with Gasteiger partial charge in [-0.1, -0.05) is 58.6 Å². The van der Waals surface area contributed by atoms with Crippen molar-refractivity contribution in [2.75, 3.05) is 0 Å². The Bertz CT molecular complexity index is 662. The Hall–Kier alpha value is 0.200. The van der Waals surface area contributed by atoms with Crippen molar-refractivity contribution in [2.45, 2.75) is 32.6 Å². The molecule has 0 saturated heterocycles. The number of benzene rings is 2. The van der Waals surface area contributed by atoms with E-state index in [1.807, 2.05) is 58.0 Å². The molecule has 0 spiro atoms. The summed E-state index contributed by atoms with van der Waals surface area (Å²) in [6, 6.07) is 11.7. The first-order valence-electron chi connectivity index (χ1n) is 6.61. The Labute approximate surface area is 163 Å². The van der Waals surface area contributed by atoms with Gasteiger partial charge in [-0.3, -0.25) is 0 Å². The third kappa shape index (κ3) is 5.68. The minimum absolute atomic E-state index is 0. The molecule has 2 aromatic carbocycles. The zero-order valence-corrected chi connectivity index (χ0v) is 18.1. The zero-order valence-electron chi connectivity index (χ0n) is 13.5. The summed E-state index contributed by atoms with van der Waals surface area (Å²) in [4.78, 5) is 13.5. The van der Waals surface area contributed by atoms with Gasteiger partial charge in [-0.25, -0.2) is 0 Å². The van der Waals surface area contributed by atoms with Gasteiger partial charge in [-0.05, 0) is 51.0 Å². The molecular formula is C16H18NaO2PS2. The summed E-state index contributed by atoms with van der Waals surface area (Å²) in [5, 5.41) is 0. The fraction of sp³-hybridized carbons (Fsp3) is 0.250. The van der Waals surface area contributed by atoms with E-state index in [-0.39, 0.29) is 29.6 Å². The molecular weight excluding hydrogens is 342 g/mol. The van der Waals surface area contributed by atoms with Gasteiger partial charge in [0.05, 0.1) is 0 Å². The summed E-state index contributed by atoms with van der Waals surface area (Å²) in [6.07, 6.45) is 0. The Morgan fingerprint density at radius 1 is 0.955 bits per heavy atom. The van der Waals surface area contributed by atoms with Gasteiger partial charge in [0.1, 0.15) is 11.4 Å². The van der Waals surface area contributed by atoms with Crippen molar-refractivity contribution < 1.29 is 39.0 Å². The molecule has 1 unspecified atom stereocenters. The first-order valence-corrected chi connectivity index (χ1v) is 10.7. The van der Waals surface area contributed by atoms with Crippen LogP contribution in [0.3, 0.4) is 0 Å². The maximum atomic E-state index is 12.6. The van der Waals surface area contributed by atoms with Crippen LogP contribution >= 0.6 is 17.1 Å². The Balaban J connectivity index is 0.00000242. The molecule has 2 nitrogen and oxygen atoms in total. The normalized spacial score (nSPS) is 13.1. The van der Waals surface area contributed by atoms with Crippen LogP contribution in [0.25, 0.3) is 0 Å². The third-order valence-corrected chi connectivity index (χ3v) is 6.76. The zero-order chi connectivity index (χ0) is 15.6. The summed E-state index contributed by atoms with van der Waals surface area (Å²) in [7, 11) is 0. The molecule has 2 rings (SSSR count). The van der Waals surface area contributed by atoms with Gasteiger partial charge < -0.3 is 9.42 Å². The van der Waals surface area contributed by atoms with E-state index in [1.165, 1.54) is 5.56 Å². The summed E-state index contributed by atoms with van der Waals surface area (Å²) < 4.78 is 5.61. The second-order valence-corrected chi connectivity index (χ2v) is 11.0. The van der Waals surface area contributed by atoms with Crippen molar-refractivity contribution in [2.24, 2.45) is 0 Å². The largest absolute Gasteiger partial charge is 1.00 e. The molecule has 0 bridgehead atoms. The smallest absolute Gasteiger partial charge is 0.783 e. The minimum atomic E-state index is -3.22. The van der Waals surface area contributed by atoms with Gasteiger partial charge >= 0.3 is 29.6 Å². The van der Waals surface area contributed by atoms with Crippen molar-refractivity contribution >= 4 is 28.9 Å². The molecule has 0 heterocycles. The van der Waals surface area contributed by atoms with Crippen molar-refractivity contribution in [1.29, 1.82) is 0 Å². The van der Waals surface area contributed by atoms with E-state index in [0.717, 1.165) is 33.0 Å². The Morgan fingerprint density at radius 2 is 1.50 bits per heavy atom. The van der Waals surface area contributed by atoms with Crippen LogP contribution in [-0.2, 0) is 11.8 Å². The maximum Gasteiger partial charge on any atom is 1.00 e. The molecule has 0 amide bonds. The monoisotopic (exact) mass is 360 g/mol. The van der Waals surface area contributed by atoms with E-state index < -0.39 is 5.69 Å². The van der Waals surface area contributed by atoms with Crippen LogP contribution in [0, 0.1) is 27.7 Å². The molecule has 0 aliphatic rings. The van der Waals surface area contributed by atoms with E-state index in [4.69, 9.17) is 16.3 Å². The van der Waals surface area contributed by atoms with Gasteiger partial charge in [0.2, 0.25) is 0 Å². The first-order chi connectivity index (χ1) is 9.77. The van der Waals surface area contributed by atoms with E-state index >= 15 is 0 Å². The molecule has 2 aromatic rings. The van der Waals surface area contributed by atoms with Crippen molar-refractivity contribution in [1.82, 2.24) is 0 Å². The average Bonchev–Trinajstić information content (AvgIpc) is 2.36. The van der Waals surface area contributed by atoms with Crippen LogP contribution < -0.4 is 39.0 Å². The second-order valence-electron chi connectivity index (χ2n) is 5.17. The van der Waals surface area contributed by atoms with Gasteiger partial charge in [0, 0.05) is 4.90 Å². The third-order valence-electron chi connectivity index (χ3n) is 3.08. The maximum absolute atomic E-state index is 12.6. The molecule has 0 N–H and O–H groups in total. The van der Waals surface area contributed by atoms with Crippen LogP contribution in [0.15, 0.2) is 41.3 Å². The summed E-state index contributed by atoms with van der Waals surface area (Å²) in [5.41, 5.74) is 1.10. The number of hydrogen-bond acceptors (Lipinski definition) is 4. The van der Waals surface area contributed by atoms with Crippen molar-refractivity contribution in [3.63, 3.8) is 0 Å². The molecule has 6 heteroatoms. The predicted molar refractivity (Wildman–Crippen MR) is 92.6 cm³/mol. The first kappa shape index (κ1) is 20.2. The van der Waals surface area contributed by atoms with Gasteiger partial charge in [0.15, 0.2) is 0 Å².